The Morgan fingerprint density at radius 3 is 2.10 bits per heavy atom. The summed E-state index contributed by atoms with van der Waals surface area (Å²) in [5.74, 6) is -0.0760. The average Bonchev–Trinajstić information content (AvgIpc) is 2.41. The molecule has 0 heterocycles. The first-order valence-corrected chi connectivity index (χ1v) is 9.94. The summed E-state index contributed by atoms with van der Waals surface area (Å²) < 4.78 is 17.1. The Morgan fingerprint density at radius 1 is 1.14 bits per heavy atom. The molecule has 0 aliphatic heterocycles. The fourth-order valence-corrected chi connectivity index (χ4v) is 6.12. The van der Waals surface area contributed by atoms with Crippen molar-refractivity contribution < 1.29 is 23.5 Å². The van der Waals surface area contributed by atoms with Crippen LogP contribution in [0.2, 0.25) is 0 Å². The van der Waals surface area contributed by atoms with E-state index in [0.717, 1.165) is 0 Å². The number of rotatable bonds is 9. The molecule has 1 rings (SSSR count). The van der Waals surface area contributed by atoms with Gasteiger partial charge in [0, 0.05) is 0 Å². The third-order valence-electron chi connectivity index (χ3n) is 2.78. The Hall–Kier alpha value is -0.710. The Kier molecular flexibility index (Phi) is 6.57. The molecule has 7 heteroatoms. The summed E-state index contributed by atoms with van der Waals surface area (Å²) >= 11 is 6.68. The molecule has 120 valence electrons. The summed E-state index contributed by atoms with van der Waals surface area (Å²) in [4.78, 5) is 10.9. The Morgan fingerprint density at radius 2 is 1.67 bits per heavy atom. The number of phenols is 1. The first kappa shape index (κ1) is 18.3. The van der Waals surface area contributed by atoms with Crippen LogP contribution in [0, 0.1) is 0 Å². The number of hydrogen-bond donors (Lipinski definition) is 1. The molecule has 0 saturated heterocycles. The van der Waals surface area contributed by atoms with Crippen molar-refractivity contribution in [1.82, 2.24) is 0 Å². The molecule has 1 aromatic rings. The van der Waals surface area contributed by atoms with Crippen molar-refractivity contribution in [2.45, 2.75) is 26.9 Å². The molecule has 0 bridgehead atoms. The van der Waals surface area contributed by atoms with E-state index in [1.165, 1.54) is 6.07 Å². The third kappa shape index (κ3) is 4.63. The van der Waals surface area contributed by atoms with Gasteiger partial charge < -0.3 is 0 Å². The van der Waals surface area contributed by atoms with Gasteiger partial charge in [0.15, 0.2) is 0 Å². The van der Waals surface area contributed by atoms with Gasteiger partial charge in [0.25, 0.3) is 0 Å². The number of aldehydes is 1. The summed E-state index contributed by atoms with van der Waals surface area (Å²) in [6.07, 6.45) is 0.786. The van der Waals surface area contributed by atoms with Crippen LogP contribution in [0.15, 0.2) is 18.2 Å². The van der Waals surface area contributed by atoms with Crippen LogP contribution in [0.3, 0.4) is 0 Å². The van der Waals surface area contributed by atoms with Crippen LogP contribution in [-0.4, -0.2) is 31.2 Å². The number of hydrogen-bond acceptors (Lipinski definition) is 5. The van der Waals surface area contributed by atoms with Gasteiger partial charge in [-0.1, -0.05) is 0 Å². The molecule has 0 fully saturated rings. The Bertz CT molecular complexity index is 474. The van der Waals surface area contributed by atoms with E-state index in [1.807, 2.05) is 20.8 Å². The molecule has 0 unspecified atom stereocenters. The molecule has 1 aromatic carbocycles. The van der Waals surface area contributed by atoms with Crippen molar-refractivity contribution in [3.8, 4) is 5.75 Å². The van der Waals surface area contributed by atoms with Crippen LogP contribution in [0.1, 0.15) is 36.7 Å². The monoisotopic (exact) mass is 336 g/mol. The third-order valence-corrected chi connectivity index (χ3v) is 7.14. The number of phenolic OH excluding ortho intramolecular Hbond substituents is 1. The van der Waals surface area contributed by atoms with Gasteiger partial charge in [-0.3, -0.25) is 0 Å². The van der Waals surface area contributed by atoms with E-state index in [0.29, 0.717) is 31.7 Å². The molecule has 0 radical (unpaired) electrons. The van der Waals surface area contributed by atoms with Crippen molar-refractivity contribution in [3.05, 3.63) is 29.3 Å². The molecule has 1 N–H and O–H groups in total. The predicted molar refractivity (Wildman–Crippen MR) is 84.8 cm³/mol. The minimum atomic E-state index is -3.80. The van der Waals surface area contributed by atoms with Crippen molar-refractivity contribution in [3.63, 3.8) is 0 Å². The van der Waals surface area contributed by atoms with Crippen molar-refractivity contribution in [2.24, 2.45) is 0 Å². The second-order valence-electron chi connectivity index (χ2n) is 4.36. The molecule has 0 atom stereocenters. The van der Waals surface area contributed by atoms with Crippen LogP contribution < -0.4 is 0 Å². The summed E-state index contributed by atoms with van der Waals surface area (Å²) in [5.41, 5.74) is 0.900. The van der Waals surface area contributed by atoms with Gasteiger partial charge in [-0.15, -0.1) is 0 Å². The average molecular weight is 337 g/mol. The molecule has 0 amide bonds. The topological polar surface area (TPSA) is 65.0 Å². The second kappa shape index (κ2) is 7.52. The molecule has 5 nitrogen and oxygen atoms in total. The van der Waals surface area contributed by atoms with Crippen molar-refractivity contribution in [1.29, 1.82) is 0 Å². The molecular weight excluding hydrogens is 315 g/mol. The maximum atomic E-state index is 10.9. The first-order valence-electron chi connectivity index (χ1n) is 6.86. The van der Waals surface area contributed by atoms with Gasteiger partial charge in [0.1, 0.15) is 0 Å². The van der Waals surface area contributed by atoms with E-state index in [2.05, 4.69) is 0 Å². The Balaban J connectivity index is 3.19. The van der Waals surface area contributed by atoms with E-state index in [9.17, 15) is 9.90 Å². The number of carbonyl (C=O) groups is 1. The van der Waals surface area contributed by atoms with Gasteiger partial charge in [0.2, 0.25) is 0 Å². The summed E-state index contributed by atoms with van der Waals surface area (Å²) in [6.45, 7) is 2.69. The van der Waals surface area contributed by atoms with Crippen LogP contribution in [-0.2, 0) is 19.7 Å². The number of halogens is 1. The summed E-state index contributed by atoms with van der Waals surface area (Å²) in [5, 5.41) is 9.56. The normalized spacial score (nSPS) is 13.6. The number of benzene rings is 1. The number of aromatic hydroxyl groups is 1. The fraction of sp³-hybridized carbons (Fsp3) is 0.500. The van der Waals surface area contributed by atoms with Crippen LogP contribution in [0.4, 0.5) is 0 Å². The maximum absolute atomic E-state index is 10.9. The standard InChI is InChI=1S/C14H22ClO5P/c1-4-18-21(15,19-5-2,20-6-3)11-12-7-8-14(17)13(9-12)10-16/h7-10,17H,4-6,11H2,1-3H3. The molecule has 21 heavy (non-hydrogen) atoms. The zero-order valence-corrected chi connectivity index (χ0v) is 14.2. The second-order valence-corrected chi connectivity index (χ2v) is 9.28. The van der Waals surface area contributed by atoms with Gasteiger partial charge in [0.05, 0.1) is 0 Å². The van der Waals surface area contributed by atoms with Crippen LogP contribution >= 0.6 is 17.9 Å². The molecular formula is C14H22ClO5P. The Labute approximate surface area is 130 Å². The van der Waals surface area contributed by atoms with Gasteiger partial charge >= 0.3 is 129 Å². The van der Waals surface area contributed by atoms with Crippen LogP contribution in [0.25, 0.3) is 0 Å². The molecule has 0 aliphatic rings. The minimum absolute atomic E-state index is 0.0760. The van der Waals surface area contributed by atoms with Crippen LogP contribution in [0.5, 0.6) is 5.75 Å². The fourth-order valence-electron chi connectivity index (χ4n) is 2.07. The zero-order valence-electron chi connectivity index (χ0n) is 12.5. The van der Waals surface area contributed by atoms with Crippen molar-refractivity contribution in [2.75, 3.05) is 19.8 Å². The zero-order chi connectivity index (χ0) is 16.0. The summed E-state index contributed by atoms with van der Waals surface area (Å²) in [6, 6.07) is 4.67. The predicted octanol–water partition coefficient (Wildman–Crippen LogP) is 4.27. The van der Waals surface area contributed by atoms with E-state index >= 15 is 0 Å². The van der Waals surface area contributed by atoms with Crippen molar-refractivity contribution >= 4 is 24.2 Å². The van der Waals surface area contributed by atoms with E-state index in [4.69, 9.17) is 24.8 Å². The van der Waals surface area contributed by atoms with Gasteiger partial charge in [-0.2, -0.15) is 0 Å². The first-order chi connectivity index (χ1) is 9.90. The SMILES string of the molecule is CCOP(Cl)(Cc1ccc(O)c(C=O)c1)(OCC)OCC. The molecule has 0 aromatic heterocycles. The molecule has 0 aliphatic carbocycles. The van der Waals surface area contributed by atoms with E-state index in [1.54, 1.807) is 12.1 Å². The summed E-state index contributed by atoms with van der Waals surface area (Å²) in [7, 11) is 0. The van der Waals surface area contributed by atoms with Gasteiger partial charge in [-0.05, 0) is 0 Å². The number of carbonyl (C=O) groups excluding carboxylic acids is 1. The van der Waals surface area contributed by atoms with E-state index < -0.39 is 6.64 Å². The van der Waals surface area contributed by atoms with Gasteiger partial charge in [-0.25, -0.2) is 0 Å². The molecule has 0 saturated carbocycles. The molecule has 0 spiro atoms. The van der Waals surface area contributed by atoms with E-state index in [-0.39, 0.29) is 17.5 Å². The quantitative estimate of drug-likeness (QED) is 0.539.